The molecule has 8 rings (SSSR count). The zero-order chi connectivity index (χ0) is 47.4. The number of hydrogen-bond donors (Lipinski definition) is 0. The molecule has 2 fully saturated rings. The van der Waals surface area contributed by atoms with Gasteiger partial charge in [0.25, 0.3) is 0 Å². The third-order valence-electron chi connectivity index (χ3n) is 16.0. The Bertz CT molecular complexity index is 2400. The molecule has 0 saturated heterocycles. The maximum Gasteiger partial charge on any atom is 0.343 e. The van der Waals surface area contributed by atoms with Crippen LogP contribution in [0, 0.1) is 22.7 Å². The molecule has 6 heteroatoms. The summed E-state index contributed by atoms with van der Waals surface area (Å²) in [6.45, 7) is 10.8. The SMILES string of the molecule is CCCC(C)C1(CCCOc2ccc(C(=O)Oc3ccc4ccccc4c3-c3c(OC(=O)c4ccc(OCCCC5(C(C)CCC)CCCCC5)cc4)ccc4ccccc34)cc2)CCCCC1. The number of hydrogen-bond acceptors (Lipinski definition) is 6. The van der Waals surface area contributed by atoms with E-state index in [4.69, 9.17) is 18.9 Å². The lowest BCUT2D eigenvalue weighted by Gasteiger charge is -2.43. The van der Waals surface area contributed by atoms with Gasteiger partial charge in [-0.05, 0) is 156 Å². The highest BCUT2D eigenvalue weighted by Crippen LogP contribution is 2.50. The van der Waals surface area contributed by atoms with Crippen LogP contribution in [0.25, 0.3) is 32.7 Å². The Hall–Kier alpha value is -5.62. The first-order valence-electron chi connectivity index (χ1n) is 26.2. The van der Waals surface area contributed by atoms with Crippen molar-refractivity contribution in [3.63, 3.8) is 0 Å². The highest BCUT2D eigenvalue weighted by Gasteiger charge is 2.37. The molecule has 0 aromatic heterocycles. The first kappa shape index (κ1) is 48.8. The maximum absolute atomic E-state index is 14.0. The Morgan fingerprint density at radius 1 is 0.485 bits per heavy atom. The summed E-state index contributed by atoms with van der Waals surface area (Å²) in [7, 11) is 0. The van der Waals surface area contributed by atoms with Crippen LogP contribution < -0.4 is 18.9 Å². The van der Waals surface area contributed by atoms with Crippen LogP contribution in [0.1, 0.15) is 164 Å². The molecule has 6 nitrogen and oxygen atoms in total. The molecular weight excluding hydrogens is 841 g/mol. The van der Waals surface area contributed by atoms with Gasteiger partial charge in [-0.2, -0.15) is 0 Å². The molecule has 0 bridgehead atoms. The second kappa shape index (κ2) is 23.1. The van der Waals surface area contributed by atoms with Gasteiger partial charge in [-0.15, -0.1) is 0 Å². The fourth-order valence-electron chi connectivity index (χ4n) is 12.1. The van der Waals surface area contributed by atoms with E-state index < -0.39 is 11.9 Å². The van der Waals surface area contributed by atoms with Gasteiger partial charge in [0, 0.05) is 11.1 Å². The Kier molecular flexibility index (Phi) is 16.6. The third kappa shape index (κ3) is 11.4. The molecule has 358 valence electrons. The van der Waals surface area contributed by atoms with Crippen LogP contribution in [-0.4, -0.2) is 25.2 Å². The molecule has 2 unspecified atom stereocenters. The maximum atomic E-state index is 14.0. The molecular formula is C62H74O6. The zero-order valence-electron chi connectivity index (χ0n) is 41.3. The molecule has 0 amide bonds. The van der Waals surface area contributed by atoms with Crippen molar-refractivity contribution >= 4 is 33.5 Å². The second-order valence-corrected chi connectivity index (χ2v) is 20.3. The zero-order valence-corrected chi connectivity index (χ0v) is 41.3. The molecule has 68 heavy (non-hydrogen) atoms. The summed E-state index contributed by atoms with van der Waals surface area (Å²) < 4.78 is 25.1. The van der Waals surface area contributed by atoms with E-state index in [-0.39, 0.29) is 0 Å². The van der Waals surface area contributed by atoms with E-state index in [0.29, 0.717) is 57.8 Å². The van der Waals surface area contributed by atoms with Crippen molar-refractivity contribution in [3.8, 4) is 34.1 Å². The minimum Gasteiger partial charge on any atom is -0.494 e. The summed E-state index contributed by atoms with van der Waals surface area (Å²) in [6.07, 6.45) is 22.9. The first-order valence-corrected chi connectivity index (χ1v) is 26.2. The van der Waals surface area contributed by atoms with E-state index in [9.17, 15) is 9.59 Å². The number of rotatable bonds is 21. The normalized spacial score (nSPS) is 16.5. The second-order valence-electron chi connectivity index (χ2n) is 20.3. The Balaban J connectivity index is 0.970. The number of esters is 2. The van der Waals surface area contributed by atoms with Crippen LogP contribution in [0.15, 0.2) is 121 Å². The lowest BCUT2D eigenvalue weighted by atomic mass is 9.63. The molecule has 0 heterocycles. The molecule has 0 N–H and O–H groups in total. The smallest absolute Gasteiger partial charge is 0.343 e. The number of carbonyl (C=O) groups excluding carboxylic acids is 2. The van der Waals surface area contributed by atoms with Crippen LogP contribution >= 0.6 is 0 Å². The highest BCUT2D eigenvalue weighted by atomic mass is 16.5. The van der Waals surface area contributed by atoms with Crippen molar-refractivity contribution in [1.82, 2.24) is 0 Å². The fourth-order valence-corrected chi connectivity index (χ4v) is 12.1. The monoisotopic (exact) mass is 915 g/mol. The van der Waals surface area contributed by atoms with Gasteiger partial charge >= 0.3 is 11.9 Å². The third-order valence-corrected chi connectivity index (χ3v) is 16.0. The molecule has 6 aromatic carbocycles. The minimum absolute atomic E-state index is 0.368. The van der Waals surface area contributed by atoms with Gasteiger partial charge in [0.15, 0.2) is 0 Å². The lowest BCUT2D eigenvalue weighted by molar-refractivity contribution is 0.0723. The van der Waals surface area contributed by atoms with Crippen molar-refractivity contribution in [1.29, 1.82) is 0 Å². The van der Waals surface area contributed by atoms with Crippen molar-refractivity contribution in [2.45, 2.75) is 143 Å². The summed E-state index contributed by atoms with van der Waals surface area (Å²) in [5.41, 5.74) is 3.04. The first-order chi connectivity index (χ1) is 33.2. The fraction of sp³-hybridized carbons (Fsp3) is 0.452. The summed E-state index contributed by atoms with van der Waals surface area (Å²) in [5, 5.41) is 3.65. The summed E-state index contributed by atoms with van der Waals surface area (Å²) >= 11 is 0. The molecule has 6 aromatic rings. The van der Waals surface area contributed by atoms with E-state index in [2.05, 4.69) is 27.7 Å². The minimum atomic E-state index is -0.488. The summed E-state index contributed by atoms with van der Waals surface area (Å²) in [6, 6.07) is 38.1. The van der Waals surface area contributed by atoms with E-state index in [1.807, 2.05) is 97.1 Å². The van der Waals surface area contributed by atoms with Gasteiger partial charge in [0.1, 0.15) is 23.0 Å². The predicted molar refractivity (Wildman–Crippen MR) is 278 cm³/mol. The Morgan fingerprint density at radius 3 is 1.25 bits per heavy atom. The summed E-state index contributed by atoms with van der Waals surface area (Å²) in [5.74, 6) is 2.73. The molecule has 0 spiro atoms. The van der Waals surface area contributed by atoms with Crippen molar-refractivity contribution < 1.29 is 28.5 Å². The Morgan fingerprint density at radius 2 is 0.868 bits per heavy atom. The van der Waals surface area contributed by atoms with Gasteiger partial charge in [-0.1, -0.05) is 153 Å². The molecule has 2 saturated carbocycles. The molecule has 0 radical (unpaired) electrons. The molecule has 2 atom stereocenters. The molecule has 2 aliphatic carbocycles. The lowest BCUT2D eigenvalue weighted by Crippen LogP contribution is -2.32. The number of ether oxygens (including phenoxy) is 4. The molecule has 0 aliphatic heterocycles. The number of fused-ring (bicyclic) bond motifs is 2. The average Bonchev–Trinajstić information content (AvgIpc) is 3.37. The Labute approximate surface area is 406 Å². The van der Waals surface area contributed by atoms with Crippen molar-refractivity contribution in [3.05, 3.63) is 132 Å². The van der Waals surface area contributed by atoms with E-state index in [0.717, 1.165) is 57.7 Å². The van der Waals surface area contributed by atoms with Crippen molar-refractivity contribution in [2.75, 3.05) is 13.2 Å². The topological polar surface area (TPSA) is 71.1 Å². The van der Waals surface area contributed by atoms with Crippen molar-refractivity contribution in [2.24, 2.45) is 22.7 Å². The van der Waals surface area contributed by atoms with Gasteiger partial charge < -0.3 is 18.9 Å². The quantitative estimate of drug-likeness (QED) is 0.0407. The van der Waals surface area contributed by atoms with Gasteiger partial charge in [-0.25, -0.2) is 9.59 Å². The largest absolute Gasteiger partial charge is 0.494 e. The number of benzene rings is 6. The average molecular weight is 915 g/mol. The van der Waals surface area contributed by atoms with Gasteiger partial charge in [0.2, 0.25) is 0 Å². The van der Waals surface area contributed by atoms with Crippen LogP contribution in [0.4, 0.5) is 0 Å². The van der Waals surface area contributed by atoms with E-state index in [1.54, 1.807) is 24.3 Å². The van der Waals surface area contributed by atoms with Crippen LogP contribution in [0.3, 0.4) is 0 Å². The van der Waals surface area contributed by atoms with Gasteiger partial charge in [0.05, 0.1) is 24.3 Å². The highest BCUT2D eigenvalue weighted by molar-refractivity contribution is 6.11. The van der Waals surface area contributed by atoms with Crippen LogP contribution in [0.5, 0.6) is 23.0 Å². The van der Waals surface area contributed by atoms with Gasteiger partial charge in [-0.3, -0.25) is 0 Å². The van der Waals surface area contributed by atoms with Crippen LogP contribution in [0.2, 0.25) is 0 Å². The molecule has 2 aliphatic rings. The summed E-state index contributed by atoms with van der Waals surface area (Å²) in [4.78, 5) is 28.1. The van der Waals surface area contributed by atoms with Crippen LogP contribution in [-0.2, 0) is 0 Å². The van der Waals surface area contributed by atoms with E-state index >= 15 is 0 Å². The van der Waals surface area contributed by atoms with E-state index in [1.165, 1.54) is 103 Å². The number of carbonyl (C=O) groups is 2. The standard InChI is InChI=1S/C62H74O6/c1-5-19-45(3)61(37-13-7-14-38-61)41-17-43-65-51-31-25-49(26-32-51)59(63)67-55-35-29-47-21-9-11-23-53(47)57(55)58-54-24-12-10-22-48(54)30-36-56(58)68-60(64)50-27-33-52(34-28-50)66-44-18-42-62(46(4)20-6-2)39-15-8-16-40-62/h9-12,21-36,45-46H,5-8,13-20,37-44H2,1-4H3. The predicted octanol–water partition coefficient (Wildman–Crippen LogP) is 17.2.